The summed E-state index contributed by atoms with van der Waals surface area (Å²) in [6.07, 6.45) is 5.85. The first-order valence-electron chi connectivity index (χ1n) is 3.90. The summed E-state index contributed by atoms with van der Waals surface area (Å²) in [6.45, 7) is 0. The standard InChI is InChI=1S/C11H9N/c1-2-6-10(7-3-1)12-11-8-4-5-9-11/h1-8,12H. The molecule has 1 aromatic rings. The van der Waals surface area contributed by atoms with E-state index in [4.69, 9.17) is 0 Å². The summed E-state index contributed by atoms with van der Waals surface area (Å²) in [5.41, 5.74) is 5.19. The van der Waals surface area contributed by atoms with Crippen LogP contribution in [0, 0.1) is 0 Å². The Morgan fingerprint density at radius 1 is 1.08 bits per heavy atom. The number of para-hydroxylation sites is 1. The van der Waals surface area contributed by atoms with E-state index in [1.807, 2.05) is 48.6 Å². The minimum Gasteiger partial charge on any atom is -0.349 e. The van der Waals surface area contributed by atoms with Gasteiger partial charge in [0, 0.05) is 5.69 Å². The normalized spacial score (nSPS) is 13.2. The third kappa shape index (κ3) is 1.47. The van der Waals surface area contributed by atoms with Crippen LogP contribution in [0.25, 0.3) is 0 Å². The fourth-order valence-corrected chi connectivity index (χ4v) is 1.09. The number of benzene rings is 1. The van der Waals surface area contributed by atoms with Gasteiger partial charge in [0.15, 0.2) is 0 Å². The number of nitrogens with one attached hydrogen (secondary N) is 1. The van der Waals surface area contributed by atoms with E-state index in [2.05, 4.69) is 11.0 Å². The van der Waals surface area contributed by atoms with Crippen molar-refractivity contribution in [3.63, 3.8) is 0 Å². The fraction of sp³-hybridized carbons (Fsp3) is 0. The van der Waals surface area contributed by atoms with E-state index in [9.17, 15) is 0 Å². The molecule has 0 fully saturated rings. The third-order valence-electron chi connectivity index (χ3n) is 1.65. The molecule has 0 saturated heterocycles. The number of hydrogen-bond donors (Lipinski definition) is 1. The predicted octanol–water partition coefficient (Wildman–Crippen LogP) is 2.71. The summed E-state index contributed by atoms with van der Waals surface area (Å²) >= 11 is 0. The number of anilines is 1. The van der Waals surface area contributed by atoms with E-state index in [0.717, 1.165) is 11.4 Å². The van der Waals surface area contributed by atoms with Crippen LogP contribution < -0.4 is 5.32 Å². The SMILES string of the molecule is C1=CC=CC=1Nc1ccccc1. The van der Waals surface area contributed by atoms with Gasteiger partial charge in [-0.15, -0.1) is 0 Å². The van der Waals surface area contributed by atoms with Gasteiger partial charge >= 0.3 is 0 Å². The molecule has 1 N–H and O–H groups in total. The summed E-state index contributed by atoms with van der Waals surface area (Å²) in [5, 5.41) is 3.23. The van der Waals surface area contributed by atoms with E-state index >= 15 is 0 Å². The van der Waals surface area contributed by atoms with E-state index < -0.39 is 0 Å². The highest BCUT2D eigenvalue weighted by Crippen LogP contribution is 2.10. The molecule has 0 spiro atoms. The smallest absolute Gasteiger partial charge is 0.0817 e. The van der Waals surface area contributed by atoms with E-state index in [1.165, 1.54) is 0 Å². The van der Waals surface area contributed by atoms with Gasteiger partial charge in [-0.25, -0.2) is 0 Å². The zero-order valence-corrected chi connectivity index (χ0v) is 6.62. The highest BCUT2D eigenvalue weighted by atomic mass is 14.9. The third-order valence-corrected chi connectivity index (χ3v) is 1.65. The molecule has 0 aliphatic heterocycles. The lowest BCUT2D eigenvalue weighted by atomic mass is 10.3. The van der Waals surface area contributed by atoms with Gasteiger partial charge in [-0.05, 0) is 24.3 Å². The fourth-order valence-electron chi connectivity index (χ4n) is 1.09. The van der Waals surface area contributed by atoms with Gasteiger partial charge in [-0.1, -0.05) is 30.0 Å². The maximum atomic E-state index is 3.23. The molecule has 1 aliphatic carbocycles. The zero-order valence-electron chi connectivity index (χ0n) is 6.62. The van der Waals surface area contributed by atoms with Crippen LogP contribution in [0.5, 0.6) is 0 Å². The highest BCUT2D eigenvalue weighted by molar-refractivity contribution is 5.51. The van der Waals surface area contributed by atoms with Crippen LogP contribution in [0.4, 0.5) is 5.69 Å². The van der Waals surface area contributed by atoms with Crippen molar-refractivity contribution in [3.8, 4) is 0 Å². The molecule has 0 saturated carbocycles. The Morgan fingerprint density at radius 2 is 1.92 bits per heavy atom. The second-order valence-electron chi connectivity index (χ2n) is 2.57. The number of allylic oxidation sites excluding steroid dienone is 2. The number of rotatable bonds is 2. The molecule has 1 heteroatoms. The quantitative estimate of drug-likeness (QED) is 0.647. The second-order valence-corrected chi connectivity index (χ2v) is 2.57. The molecule has 1 aromatic carbocycles. The van der Waals surface area contributed by atoms with Gasteiger partial charge in [0.05, 0.1) is 5.70 Å². The van der Waals surface area contributed by atoms with Crippen molar-refractivity contribution in [1.29, 1.82) is 0 Å². The lowest BCUT2D eigenvalue weighted by Crippen LogP contribution is -1.93. The topological polar surface area (TPSA) is 12.0 Å². The minimum absolute atomic E-state index is 1.02. The van der Waals surface area contributed by atoms with E-state index in [0.29, 0.717) is 0 Å². The van der Waals surface area contributed by atoms with Crippen LogP contribution in [0.2, 0.25) is 0 Å². The molecule has 0 aromatic heterocycles. The average Bonchev–Trinajstić information content (AvgIpc) is 2.59. The van der Waals surface area contributed by atoms with Crippen molar-refractivity contribution >= 4 is 5.69 Å². The lowest BCUT2D eigenvalue weighted by Gasteiger charge is -2.02. The minimum atomic E-state index is 1.02. The Hall–Kier alpha value is -1.72. The summed E-state index contributed by atoms with van der Waals surface area (Å²) in [6, 6.07) is 10.1. The van der Waals surface area contributed by atoms with E-state index in [-0.39, 0.29) is 0 Å². The summed E-state index contributed by atoms with van der Waals surface area (Å²) < 4.78 is 0. The summed E-state index contributed by atoms with van der Waals surface area (Å²) in [7, 11) is 0. The van der Waals surface area contributed by atoms with Crippen molar-refractivity contribution in [3.05, 3.63) is 60.0 Å². The van der Waals surface area contributed by atoms with Gasteiger partial charge in [0.2, 0.25) is 0 Å². The van der Waals surface area contributed by atoms with Crippen LogP contribution in [-0.2, 0) is 0 Å². The molecule has 0 heterocycles. The van der Waals surface area contributed by atoms with Gasteiger partial charge in [-0.2, -0.15) is 0 Å². The maximum absolute atomic E-state index is 3.23. The average molecular weight is 155 g/mol. The molecule has 0 amide bonds. The highest BCUT2D eigenvalue weighted by Gasteiger charge is 1.93. The van der Waals surface area contributed by atoms with Gasteiger partial charge in [0.1, 0.15) is 0 Å². The van der Waals surface area contributed by atoms with Crippen LogP contribution in [0.15, 0.2) is 60.0 Å². The number of hydrogen-bond acceptors (Lipinski definition) is 1. The van der Waals surface area contributed by atoms with Crippen molar-refractivity contribution in [2.75, 3.05) is 5.32 Å². The first-order valence-corrected chi connectivity index (χ1v) is 3.90. The largest absolute Gasteiger partial charge is 0.349 e. The van der Waals surface area contributed by atoms with E-state index in [1.54, 1.807) is 0 Å². The van der Waals surface area contributed by atoms with Crippen LogP contribution in [0.3, 0.4) is 0 Å². The first-order chi connectivity index (χ1) is 5.95. The molecule has 0 radical (unpaired) electrons. The summed E-state index contributed by atoms with van der Waals surface area (Å²) in [4.78, 5) is 0. The van der Waals surface area contributed by atoms with Crippen LogP contribution in [-0.4, -0.2) is 0 Å². The molecule has 1 aliphatic rings. The Morgan fingerprint density at radius 3 is 2.58 bits per heavy atom. The molecule has 0 unspecified atom stereocenters. The van der Waals surface area contributed by atoms with Crippen LogP contribution >= 0.6 is 0 Å². The Bertz CT molecular complexity index is 354. The lowest BCUT2D eigenvalue weighted by molar-refractivity contribution is 1.50. The molecule has 1 nitrogen and oxygen atoms in total. The molecular weight excluding hydrogens is 146 g/mol. The van der Waals surface area contributed by atoms with Crippen molar-refractivity contribution < 1.29 is 0 Å². The molecule has 0 bridgehead atoms. The van der Waals surface area contributed by atoms with Crippen molar-refractivity contribution in [2.24, 2.45) is 0 Å². The van der Waals surface area contributed by atoms with Gasteiger partial charge in [-0.3, -0.25) is 0 Å². The molecule has 12 heavy (non-hydrogen) atoms. The molecule has 58 valence electrons. The van der Waals surface area contributed by atoms with Gasteiger partial charge in [0.25, 0.3) is 0 Å². The van der Waals surface area contributed by atoms with Gasteiger partial charge < -0.3 is 5.32 Å². The Labute approximate surface area is 71.7 Å². The zero-order chi connectivity index (χ0) is 8.23. The van der Waals surface area contributed by atoms with Crippen molar-refractivity contribution in [2.45, 2.75) is 0 Å². The predicted molar refractivity (Wildman–Crippen MR) is 50.8 cm³/mol. The Kier molecular flexibility index (Phi) is 1.81. The molecule has 0 atom stereocenters. The first kappa shape index (κ1) is 6.96. The molecular formula is C11H9N. The Balaban J connectivity index is 2.15. The molecule has 2 rings (SSSR count). The second kappa shape index (κ2) is 3.12. The van der Waals surface area contributed by atoms with Crippen LogP contribution in [0.1, 0.15) is 0 Å². The van der Waals surface area contributed by atoms with Crippen molar-refractivity contribution in [1.82, 2.24) is 0 Å². The monoisotopic (exact) mass is 155 g/mol. The maximum Gasteiger partial charge on any atom is 0.0817 e. The summed E-state index contributed by atoms with van der Waals surface area (Å²) in [5.74, 6) is 0.